The van der Waals surface area contributed by atoms with Crippen LogP contribution in [0.1, 0.15) is 5.56 Å². The number of hydrogen-bond donors (Lipinski definition) is 1. The number of nitro benzene ring substituents is 1. The van der Waals surface area contributed by atoms with E-state index in [0.717, 1.165) is 12.1 Å². The summed E-state index contributed by atoms with van der Waals surface area (Å²) in [4.78, 5) is 11.7. The van der Waals surface area contributed by atoms with Crippen molar-refractivity contribution in [1.29, 1.82) is 5.39 Å². The molecule has 1 radical (unpaired) electrons. The summed E-state index contributed by atoms with van der Waals surface area (Å²) in [5, 5.41) is 18.6. The van der Waals surface area contributed by atoms with Crippen LogP contribution in [0.25, 0.3) is 15.7 Å². The van der Waals surface area contributed by atoms with Gasteiger partial charge in [0.15, 0.2) is 4.98 Å². The van der Waals surface area contributed by atoms with E-state index in [9.17, 15) is 31.5 Å². The summed E-state index contributed by atoms with van der Waals surface area (Å²) >= 11 is 0. The molecule has 0 aliphatic heterocycles. The standard InChI is InChI=1S/C10H8O6S2.C7H6N3O2.Na/c11-17(12,13)9-5-1-3-7-8(9)4-2-6-10(7)18(14,15)16;1-5-2-3-6(10(11)12)4-7(5)9-8;/h1-6H,(H,11,12,13)(H,14,15,16);2-4H,1H3;/q;+1;/p-1. The van der Waals surface area contributed by atoms with Crippen LogP contribution in [0.3, 0.4) is 0 Å². The molecule has 0 saturated heterocycles. The first kappa shape index (κ1) is 26.6. The molecule has 0 fully saturated rings. The third-order valence-corrected chi connectivity index (χ3v) is 5.71. The molecule has 0 spiro atoms. The van der Waals surface area contributed by atoms with Crippen LogP contribution < -0.4 is 0 Å². The van der Waals surface area contributed by atoms with E-state index in [2.05, 4.69) is 4.98 Å². The van der Waals surface area contributed by atoms with Crippen LogP contribution in [0.5, 0.6) is 0 Å². The van der Waals surface area contributed by atoms with Gasteiger partial charge in [-0.05, 0) is 25.1 Å². The van der Waals surface area contributed by atoms with Crippen LogP contribution in [0.4, 0.5) is 11.4 Å². The first-order valence-corrected chi connectivity index (χ1v) is 10.8. The summed E-state index contributed by atoms with van der Waals surface area (Å²) < 4.78 is 64.4. The van der Waals surface area contributed by atoms with Crippen LogP contribution in [-0.2, 0) is 20.2 Å². The Bertz CT molecular complexity index is 1330. The van der Waals surface area contributed by atoms with Crippen molar-refractivity contribution in [2.75, 3.05) is 0 Å². The monoisotopic (exact) mass is 474 g/mol. The number of aryl methyl sites for hydroxylation is 1. The number of nitro groups is 1. The van der Waals surface area contributed by atoms with Gasteiger partial charge in [-0.25, -0.2) is 8.42 Å². The van der Waals surface area contributed by atoms with Crippen molar-refractivity contribution in [2.24, 2.45) is 0 Å². The Morgan fingerprint density at radius 3 is 1.94 bits per heavy atom. The Hall–Kier alpha value is -2.44. The molecule has 0 atom stereocenters. The molecule has 0 aliphatic rings. The molecule has 0 unspecified atom stereocenters. The van der Waals surface area contributed by atoms with Gasteiger partial charge in [0.1, 0.15) is 21.1 Å². The van der Waals surface area contributed by atoms with Crippen LogP contribution in [0, 0.1) is 22.4 Å². The predicted octanol–water partition coefficient (Wildman–Crippen LogP) is 3.00. The number of diazo groups is 1. The summed E-state index contributed by atoms with van der Waals surface area (Å²) in [6.07, 6.45) is 0. The predicted molar refractivity (Wildman–Crippen MR) is 110 cm³/mol. The maximum Gasteiger partial charge on any atom is 0.394 e. The molecule has 14 heteroatoms. The zero-order valence-electron chi connectivity index (χ0n) is 16.2. The molecule has 3 aromatic rings. The maximum absolute atomic E-state index is 11.1. The minimum absolute atomic E-state index is 0. The van der Waals surface area contributed by atoms with Crippen molar-refractivity contribution in [1.82, 2.24) is 0 Å². The second-order valence-electron chi connectivity index (χ2n) is 5.86. The fourth-order valence-electron chi connectivity index (χ4n) is 2.51. The van der Waals surface area contributed by atoms with Crippen molar-refractivity contribution < 1.29 is 30.9 Å². The van der Waals surface area contributed by atoms with Crippen molar-refractivity contribution in [3.05, 3.63) is 75.3 Å². The van der Waals surface area contributed by atoms with E-state index in [4.69, 9.17) is 9.95 Å². The number of hydrogen-bond acceptors (Lipinski definition) is 8. The van der Waals surface area contributed by atoms with Crippen molar-refractivity contribution >= 4 is 71.9 Å². The molecule has 31 heavy (non-hydrogen) atoms. The minimum Gasteiger partial charge on any atom is -0.744 e. The molecule has 3 rings (SSSR count). The minimum atomic E-state index is -4.72. The van der Waals surface area contributed by atoms with E-state index < -0.39 is 35.0 Å². The average molecular weight is 474 g/mol. The summed E-state index contributed by atoms with van der Waals surface area (Å²) in [5.74, 6) is 0. The van der Waals surface area contributed by atoms with E-state index >= 15 is 0 Å². The molecule has 0 heterocycles. The van der Waals surface area contributed by atoms with E-state index in [0.29, 0.717) is 5.56 Å². The Kier molecular flexibility index (Phi) is 8.79. The second kappa shape index (κ2) is 10.2. The number of benzene rings is 3. The molecule has 3 aromatic carbocycles. The molecular formula is C17H13N3NaO8S2. The number of fused-ring (bicyclic) bond motifs is 1. The van der Waals surface area contributed by atoms with Gasteiger partial charge in [0.25, 0.3) is 15.8 Å². The molecule has 0 bridgehead atoms. The van der Waals surface area contributed by atoms with Crippen molar-refractivity contribution in [2.45, 2.75) is 16.7 Å². The SMILES string of the molecule is Cc1ccc([N+](=O)[O-])cc1[N+]#N.O=S(=O)([O-])c1cccc2c(S(=O)(=O)O)cccc12.[Na]. The quantitative estimate of drug-likeness (QED) is 0.196. The van der Waals surface area contributed by atoms with Crippen LogP contribution in [-0.4, -0.2) is 60.4 Å². The summed E-state index contributed by atoms with van der Waals surface area (Å²) in [6.45, 7) is 1.71. The Labute approximate surface area is 199 Å². The maximum atomic E-state index is 11.1. The van der Waals surface area contributed by atoms with Gasteiger partial charge in [-0.1, -0.05) is 24.3 Å². The third-order valence-electron chi connectivity index (χ3n) is 3.90. The van der Waals surface area contributed by atoms with Gasteiger partial charge in [-0.15, -0.1) is 0 Å². The van der Waals surface area contributed by atoms with Crippen molar-refractivity contribution in [3.63, 3.8) is 0 Å². The molecular weight excluding hydrogens is 461 g/mol. The fraction of sp³-hybridized carbons (Fsp3) is 0.0588. The van der Waals surface area contributed by atoms with E-state index in [1.165, 1.54) is 42.5 Å². The topological polar surface area (TPSA) is 183 Å². The van der Waals surface area contributed by atoms with Gasteiger partial charge < -0.3 is 4.55 Å². The number of rotatable bonds is 3. The Morgan fingerprint density at radius 2 is 1.48 bits per heavy atom. The zero-order chi connectivity index (χ0) is 22.7. The number of non-ortho nitro benzene ring substituents is 1. The summed E-state index contributed by atoms with van der Waals surface area (Å²) in [6, 6.07) is 11.4. The zero-order valence-corrected chi connectivity index (χ0v) is 19.8. The molecule has 0 amide bonds. The normalized spacial score (nSPS) is 10.9. The molecule has 0 aliphatic carbocycles. The van der Waals surface area contributed by atoms with Gasteiger partial charge in [-0.3, -0.25) is 14.7 Å². The van der Waals surface area contributed by atoms with Crippen molar-refractivity contribution in [3.8, 4) is 0 Å². The molecule has 0 saturated carbocycles. The van der Waals surface area contributed by atoms with Crippen LogP contribution in [0.15, 0.2) is 64.4 Å². The van der Waals surface area contributed by atoms with Gasteiger partial charge in [0.05, 0.1) is 9.82 Å². The third kappa shape index (κ3) is 6.52. The first-order valence-electron chi connectivity index (χ1n) is 7.91. The fourth-order valence-corrected chi connectivity index (χ4v) is 3.91. The molecule has 157 valence electrons. The van der Waals surface area contributed by atoms with E-state index in [1.807, 2.05) is 0 Å². The van der Waals surface area contributed by atoms with Gasteiger partial charge >= 0.3 is 5.69 Å². The van der Waals surface area contributed by atoms with Crippen LogP contribution >= 0.6 is 0 Å². The van der Waals surface area contributed by atoms with E-state index in [-0.39, 0.29) is 51.7 Å². The molecule has 0 aromatic heterocycles. The largest absolute Gasteiger partial charge is 0.744 e. The Balaban J connectivity index is 0.000000324. The summed E-state index contributed by atoms with van der Waals surface area (Å²) in [7, 11) is -9.21. The second-order valence-corrected chi connectivity index (χ2v) is 8.60. The van der Waals surface area contributed by atoms with Gasteiger partial charge in [0, 0.05) is 52.0 Å². The Morgan fingerprint density at radius 1 is 0.968 bits per heavy atom. The number of nitrogens with zero attached hydrogens (tertiary/aromatic N) is 3. The molecule has 11 nitrogen and oxygen atoms in total. The van der Waals surface area contributed by atoms with E-state index in [1.54, 1.807) is 6.92 Å². The average Bonchev–Trinajstić information content (AvgIpc) is 2.66. The van der Waals surface area contributed by atoms with Crippen LogP contribution in [0.2, 0.25) is 0 Å². The van der Waals surface area contributed by atoms with Gasteiger partial charge in [-0.2, -0.15) is 8.42 Å². The first-order chi connectivity index (χ1) is 13.9. The van der Waals surface area contributed by atoms with Gasteiger partial charge in [0.2, 0.25) is 5.39 Å². The summed E-state index contributed by atoms with van der Waals surface area (Å²) in [5.41, 5.74) is 0.848. The molecule has 1 N–H and O–H groups in total. The smallest absolute Gasteiger partial charge is 0.394 e.